The van der Waals surface area contributed by atoms with Crippen LogP contribution in [0.5, 0.6) is 5.75 Å². The zero-order valence-corrected chi connectivity index (χ0v) is 11.9. The van der Waals surface area contributed by atoms with Crippen molar-refractivity contribution in [2.45, 2.75) is 50.1 Å². The van der Waals surface area contributed by atoms with Gasteiger partial charge in [-0.25, -0.2) is 0 Å². The first kappa shape index (κ1) is 12.9. The van der Waals surface area contributed by atoms with Crippen molar-refractivity contribution in [2.75, 3.05) is 0 Å². The van der Waals surface area contributed by atoms with Crippen molar-refractivity contribution in [2.24, 2.45) is 0 Å². The normalized spacial score (nSPS) is 35.4. The topological polar surface area (TPSA) is 32.3 Å². The van der Waals surface area contributed by atoms with E-state index in [4.69, 9.17) is 0 Å². The zero-order valence-electron chi connectivity index (χ0n) is 10.1. The second-order valence-corrected chi connectivity index (χ2v) is 5.39. The van der Waals surface area contributed by atoms with Crippen LogP contribution in [0.25, 0.3) is 0 Å². The van der Waals surface area contributed by atoms with Gasteiger partial charge in [0.25, 0.3) is 0 Å². The van der Waals surface area contributed by atoms with Gasteiger partial charge < -0.3 is 10.4 Å². The molecule has 1 heterocycles. The molecule has 2 fully saturated rings. The standard InChI is InChI=1S/C14H19NO.BrH/c1-10-14(7-3-5-12(9-14)15-10)11-4-2-6-13(16)8-11;/h2,4,6,8,10,12,15-16H,3,5,7,9H2,1H3;1H. The van der Waals surface area contributed by atoms with Gasteiger partial charge in [0, 0.05) is 17.5 Å². The minimum absolute atomic E-state index is 0. The Morgan fingerprint density at radius 3 is 3.00 bits per heavy atom. The van der Waals surface area contributed by atoms with E-state index in [1.165, 1.54) is 31.2 Å². The van der Waals surface area contributed by atoms with Gasteiger partial charge in [0.1, 0.15) is 5.75 Å². The number of phenolic OH excluding ortho intramolecular Hbond substituents is 1. The molecule has 2 bridgehead atoms. The van der Waals surface area contributed by atoms with Crippen molar-refractivity contribution in [1.82, 2.24) is 5.32 Å². The molecule has 1 aromatic carbocycles. The van der Waals surface area contributed by atoms with Gasteiger partial charge in [-0.2, -0.15) is 0 Å². The zero-order chi connectivity index (χ0) is 11.2. The molecule has 0 radical (unpaired) electrons. The number of hydrogen-bond donors (Lipinski definition) is 2. The third-order valence-electron chi connectivity index (χ3n) is 4.52. The van der Waals surface area contributed by atoms with Crippen molar-refractivity contribution in [1.29, 1.82) is 0 Å². The number of fused-ring (bicyclic) bond motifs is 2. The highest BCUT2D eigenvalue weighted by Gasteiger charge is 2.48. The minimum atomic E-state index is 0. The highest BCUT2D eigenvalue weighted by Crippen LogP contribution is 2.47. The predicted octanol–water partition coefficient (Wildman–Crippen LogP) is 3.14. The maximum atomic E-state index is 9.63. The van der Waals surface area contributed by atoms with Gasteiger partial charge in [-0.15, -0.1) is 17.0 Å². The lowest BCUT2D eigenvalue weighted by Crippen LogP contribution is -2.37. The van der Waals surface area contributed by atoms with Crippen LogP contribution in [0.4, 0.5) is 0 Å². The van der Waals surface area contributed by atoms with E-state index in [2.05, 4.69) is 18.3 Å². The van der Waals surface area contributed by atoms with Crippen LogP contribution in [0, 0.1) is 0 Å². The molecule has 17 heavy (non-hydrogen) atoms. The summed E-state index contributed by atoms with van der Waals surface area (Å²) in [6, 6.07) is 9.06. The van der Waals surface area contributed by atoms with Gasteiger partial charge in [-0.05, 0) is 43.9 Å². The molecule has 1 aromatic rings. The highest BCUT2D eigenvalue weighted by atomic mass is 79.9. The van der Waals surface area contributed by atoms with E-state index >= 15 is 0 Å². The number of halogens is 1. The quantitative estimate of drug-likeness (QED) is 0.835. The highest BCUT2D eigenvalue weighted by molar-refractivity contribution is 8.93. The van der Waals surface area contributed by atoms with Crippen molar-refractivity contribution in [3.63, 3.8) is 0 Å². The molecular weight excluding hydrogens is 278 g/mol. The van der Waals surface area contributed by atoms with Crippen LogP contribution in [0.2, 0.25) is 0 Å². The molecule has 1 aliphatic heterocycles. The van der Waals surface area contributed by atoms with E-state index in [1.54, 1.807) is 6.07 Å². The van der Waals surface area contributed by atoms with Gasteiger partial charge >= 0.3 is 0 Å². The van der Waals surface area contributed by atoms with Crippen LogP contribution in [0.3, 0.4) is 0 Å². The van der Waals surface area contributed by atoms with Crippen molar-refractivity contribution < 1.29 is 5.11 Å². The Morgan fingerprint density at radius 2 is 2.24 bits per heavy atom. The van der Waals surface area contributed by atoms with E-state index in [0.717, 1.165) is 0 Å². The molecule has 1 saturated heterocycles. The number of hydrogen-bond acceptors (Lipinski definition) is 2. The lowest BCUT2D eigenvalue weighted by molar-refractivity contribution is 0.319. The summed E-state index contributed by atoms with van der Waals surface area (Å²) in [6.07, 6.45) is 5.10. The minimum Gasteiger partial charge on any atom is -0.508 e. The summed E-state index contributed by atoms with van der Waals surface area (Å²) in [7, 11) is 0. The molecule has 3 heteroatoms. The van der Waals surface area contributed by atoms with Crippen LogP contribution in [-0.2, 0) is 5.41 Å². The number of phenols is 1. The number of nitrogens with one attached hydrogen (secondary N) is 1. The van der Waals surface area contributed by atoms with Gasteiger partial charge in [0.05, 0.1) is 0 Å². The Labute approximate surface area is 113 Å². The Morgan fingerprint density at radius 1 is 1.41 bits per heavy atom. The van der Waals surface area contributed by atoms with E-state index in [9.17, 15) is 5.11 Å². The summed E-state index contributed by atoms with van der Waals surface area (Å²) in [5, 5.41) is 13.3. The van der Waals surface area contributed by atoms with E-state index in [-0.39, 0.29) is 22.4 Å². The second-order valence-electron chi connectivity index (χ2n) is 5.39. The monoisotopic (exact) mass is 297 g/mol. The maximum Gasteiger partial charge on any atom is 0.115 e. The molecule has 0 aromatic heterocycles. The molecule has 2 nitrogen and oxygen atoms in total. The number of aromatic hydroxyl groups is 1. The molecule has 0 spiro atoms. The van der Waals surface area contributed by atoms with Gasteiger partial charge in [-0.3, -0.25) is 0 Å². The summed E-state index contributed by atoms with van der Waals surface area (Å²) >= 11 is 0. The summed E-state index contributed by atoms with van der Waals surface area (Å²) in [6.45, 7) is 2.29. The molecule has 1 saturated carbocycles. The fourth-order valence-electron chi connectivity index (χ4n) is 3.68. The fourth-order valence-corrected chi connectivity index (χ4v) is 3.68. The van der Waals surface area contributed by atoms with Crippen LogP contribution < -0.4 is 5.32 Å². The average molecular weight is 298 g/mol. The van der Waals surface area contributed by atoms with Crippen molar-refractivity contribution in [3.8, 4) is 5.75 Å². The lowest BCUT2D eigenvalue weighted by atomic mass is 9.68. The molecule has 2 aliphatic rings. The summed E-state index contributed by atoms with van der Waals surface area (Å²) < 4.78 is 0. The third-order valence-corrected chi connectivity index (χ3v) is 4.52. The molecule has 94 valence electrons. The van der Waals surface area contributed by atoms with Crippen LogP contribution in [0.1, 0.15) is 38.2 Å². The lowest BCUT2D eigenvalue weighted by Gasteiger charge is -2.36. The Kier molecular flexibility index (Phi) is 3.50. The third kappa shape index (κ3) is 2.00. The van der Waals surface area contributed by atoms with Gasteiger partial charge in [0.15, 0.2) is 0 Å². The van der Waals surface area contributed by atoms with E-state index < -0.39 is 0 Å². The first-order valence-corrected chi connectivity index (χ1v) is 6.26. The van der Waals surface area contributed by atoms with E-state index in [0.29, 0.717) is 17.8 Å². The number of rotatable bonds is 1. The summed E-state index contributed by atoms with van der Waals surface area (Å²) in [5.41, 5.74) is 1.58. The smallest absolute Gasteiger partial charge is 0.115 e. The summed E-state index contributed by atoms with van der Waals surface area (Å²) in [5.74, 6) is 0.396. The Balaban J connectivity index is 0.00000108. The Hall–Kier alpha value is -0.540. The maximum absolute atomic E-state index is 9.63. The largest absolute Gasteiger partial charge is 0.508 e. The first-order chi connectivity index (χ1) is 7.71. The van der Waals surface area contributed by atoms with Crippen molar-refractivity contribution in [3.05, 3.63) is 29.8 Å². The second kappa shape index (κ2) is 4.62. The first-order valence-electron chi connectivity index (χ1n) is 6.26. The number of benzene rings is 1. The van der Waals surface area contributed by atoms with Crippen LogP contribution in [0.15, 0.2) is 24.3 Å². The van der Waals surface area contributed by atoms with Crippen LogP contribution >= 0.6 is 17.0 Å². The molecule has 0 amide bonds. The van der Waals surface area contributed by atoms with E-state index in [1.807, 2.05) is 12.1 Å². The van der Waals surface area contributed by atoms with Gasteiger partial charge in [0.2, 0.25) is 0 Å². The fraction of sp³-hybridized carbons (Fsp3) is 0.571. The molecule has 3 atom stereocenters. The SMILES string of the molecule is Br.CC1NC2CCCC1(c1cccc(O)c1)C2. The van der Waals surface area contributed by atoms with Crippen molar-refractivity contribution >= 4 is 17.0 Å². The molecular formula is C14H20BrNO. The predicted molar refractivity (Wildman–Crippen MR) is 75.0 cm³/mol. The summed E-state index contributed by atoms with van der Waals surface area (Å²) in [4.78, 5) is 0. The average Bonchev–Trinajstić information content (AvgIpc) is 2.50. The molecule has 3 rings (SSSR count). The molecule has 3 unspecified atom stereocenters. The Bertz CT molecular complexity index is 409. The van der Waals surface area contributed by atoms with Crippen LogP contribution in [-0.4, -0.2) is 17.2 Å². The molecule has 1 aliphatic carbocycles. The van der Waals surface area contributed by atoms with Gasteiger partial charge in [-0.1, -0.05) is 18.6 Å². The molecule has 2 N–H and O–H groups in total.